The van der Waals surface area contributed by atoms with Crippen molar-refractivity contribution in [2.75, 3.05) is 13.2 Å². The lowest BCUT2D eigenvalue weighted by atomic mass is 9.95. The van der Waals surface area contributed by atoms with Gasteiger partial charge in [0.15, 0.2) is 55.3 Å². The molecule has 3 rings (SSSR count). The Labute approximate surface area is 706 Å². The molecule has 0 aliphatic carbocycles. The molecule has 119 heavy (non-hydrogen) atoms. The lowest BCUT2D eigenvalue weighted by Crippen LogP contribution is -2.68. The summed E-state index contributed by atoms with van der Waals surface area (Å²) in [6.07, 6.45) is 17.7. The molecule has 0 aromatic rings. The number of carbonyl (C=O) groups is 8. The van der Waals surface area contributed by atoms with Gasteiger partial charge in [0.2, 0.25) is 6.29 Å². The molecule has 3 saturated heterocycles. The Kier molecular flexibility index (Phi) is 49.2. The van der Waals surface area contributed by atoms with E-state index in [1.165, 1.54) is 75.7 Å². The molecule has 2 unspecified atom stereocenters. The van der Waals surface area contributed by atoms with Gasteiger partial charge in [0.05, 0.1) is 18.8 Å². The second-order valence-corrected chi connectivity index (χ2v) is 34.6. The normalized spacial score (nSPS) is 25.7. The van der Waals surface area contributed by atoms with E-state index in [1.54, 1.807) is 6.92 Å². The van der Waals surface area contributed by atoms with Crippen molar-refractivity contribution in [3.8, 4) is 0 Å². The van der Waals surface area contributed by atoms with Crippen LogP contribution in [0.15, 0.2) is 128 Å². The van der Waals surface area contributed by atoms with E-state index in [0.29, 0.717) is 12.8 Å². The molecule has 30 heteroatoms. The molecule has 672 valence electrons. The average molecular weight is 1720 g/mol. The molecule has 3 aliphatic rings. The van der Waals surface area contributed by atoms with Gasteiger partial charge in [-0.2, -0.15) is 4.31 Å². The molecular weight excluding hydrogens is 1580 g/mol. The smallest absolute Gasteiger partial charge is 0.463 e. The van der Waals surface area contributed by atoms with E-state index in [1.807, 2.05) is 0 Å². The van der Waals surface area contributed by atoms with Crippen LogP contribution in [0.5, 0.6) is 0 Å². The predicted octanol–water partition coefficient (Wildman–Crippen LogP) is 18.5. The number of hydrogen-bond acceptors (Lipinski definition) is 26. The standard InChI is InChI=1S/C89H138O28P2/c1-56(2)33-23-34-57(3)35-24-36-58(4)37-25-38-59(5)39-26-40-60(6)41-27-42-61(7)43-28-44-62(8)45-29-46-63(9)47-30-48-64(10)49-31-50-65(11)51-32-52-66(12)53-54-103-118(98,99)117-119(100,101)116-89-86(112-76(22)97)83(80(108-72(18)93)77(113-89)55-102-69(15)90)115-88-85(111-75(21)96)82(79(68(14)105-88)107-71(17)92)114-87-84(110-74(20)95)81(109-73(19)94)78(67(13)104-87)106-70(16)91/h33,35,37,39,41,43,45,47,49,51,53,67-68,77-89H,23-32,34,36,38,40,42,44,46,48,50,52,54-55H2,1-22H3,(H,98,99)(H,100,101)/b57-35+,58-37+,59-39+,60-41-,61-43-,62-45-,63-47-,64-49-,65-51-,66-53-/t67-,68-,77+,78-,79-,80-,81+,82+,83-,84+,85+,86+,87-,88-,89+/m0/s1. The van der Waals surface area contributed by atoms with Crippen LogP contribution in [0.2, 0.25) is 0 Å². The fraction of sp³-hybridized carbons (Fsp3) is 0.663. The van der Waals surface area contributed by atoms with Crippen molar-refractivity contribution in [3.05, 3.63) is 128 Å². The Balaban J connectivity index is 1.60. The first-order valence-electron chi connectivity index (χ1n) is 41.3. The number of phosphoric acid groups is 2. The van der Waals surface area contributed by atoms with E-state index < -0.39 is 169 Å². The number of allylic oxidation sites excluding steroid dienone is 21. The third-order valence-corrected chi connectivity index (χ3v) is 22.3. The van der Waals surface area contributed by atoms with Crippen molar-refractivity contribution >= 4 is 63.4 Å². The van der Waals surface area contributed by atoms with Crippen LogP contribution in [0.1, 0.15) is 281 Å². The zero-order valence-corrected chi connectivity index (χ0v) is 76.3. The van der Waals surface area contributed by atoms with E-state index in [0.717, 1.165) is 177 Å². The summed E-state index contributed by atoms with van der Waals surface area (Å²) in [5, 5.41) is 0. The molecule has 0 radical (unpaired) electrons. The van der Waals surface area contributed by atoms with Crippen LogP contribution >= 0.6 is 15.6 Å². The Morgan fingerprint density at radius 1 is 0.294 bits per heavy atom. The molecule has 0 spiro atoms. The summed E-state index contributed by atoms with van der Waals surface area (Å²) < 4.78 is 118. The largest absolute Gasteiger partial charge is 0.483 e. The number of esters is 8. The maximum Gasteiger partial charge on any atom is 0.483 e. The van der Waals surface area contributed by atoms with E-state index >= 15 is 0 Å². The minimum Gasteiger partial charge on any atom is -0.463 e. The Hall–Kier alpha value is -7.04. The third kappa shape index (κ3) is 44.5. The highest BCUT2D eigenvalue weighted by Crippen LogP contribution is 2.61. The summed E-state index contributed by atoms with van der Waals surface area (Å²) >= 11 is 0. The Morgan fingerprint density at radius 2 is 0.546 bits per heavy atom. The number of carbonyl (C=O) groups excluding carboxylic acids is 8. The predicted molar refractivity (Wildman–Crippen MR) is 450 cm³/mol. The van der Waals surface area contributed by atoms with Crippen molar-refractivity contribution in [1.29, 1.82) is 0 Å². The SMILES string of the molecule is CC(=O)OC[C@H]1O[C@H](OP(=O)(O)OP(=O)(O)OC/C=C(/C)CC/C=C(/C)CC/C=C(/C)CC/C=C(/C)CC/C=C(/C)CC/C=C(/C)CC/C=C(/C)CC/C=C(\C)CC/C=C(\C)CC/C=C(\C)CCC=C(C)C)[C@H](OC(C)=O)[C@@H](O[C@@H]2O[C@@H](C)[C@H](OC(C)=O)[C@@H](O[C@@H]3O[C@@H](C)[C@H](OC(C)=O)[C@@H](OC(C)=O)[C@H]3OC(C)=O)[C@H]2OC(C)=O)[C@H]1OC(C)=O. The fourth-order valence-electron chi connectivity index (χ4n) is 13.5. The zero-order valence-electron chi connectivity index (χ0n) is 74.5. The van der Waals surface area contributed by atoms with E-state index in [9.17, 15) is 57.3 Å². The molecule has 0 bridgehead atoms. The van der Waals surface area contributed by atoms with Crippen molar-refractivity contribution in [2.45, 2.75) is 373 Å². The molecule has 0 amide bonds. The minimum atomic E-state index is -5.97. The van der Waals surface area contributed by atoms with Gasteiger partial charge in [0.25, 0.3) is 0 Å². The summed E-state index contributed by atoms with van der Waals surface area (Å²) in [6.45, 7) is 35.1. The van der Waals surface area contributed by atoms with Crippen LogP contribution in [0.4, 0.5) is 0 Å². The molecule has 3 heterocycles. The van der Waals surface area contributed by atoms with Crippen molar-refractivity contribution in [1.82, 2.24) is 0 Å². The highest BCUT2D eigenvalue weighted by atomic mass is 31.3. The molecule has 3 fully saturated rings. The van der Waals surface area contributed by atoms with E-state index in [2.05, 4.69) is 137 Å². The molecule has 17 atom stereocenters. The van der Waals surface area contributed by atoms with Crippen LogP contribution in [0.25, 0.3) is 0 Å². The van der Waals surface area contributed by atoms with Crippen molar-refractivity contribution < 1.29 is 132 Å². The zero-order chi connectivity index (χ0) is 89.3. The molecule has 0 aromatic heterocycles. The van der Waals surface area contributed by atoms with Gasteiger partial charge in [-0.3, -0.25) is 47.4 Å². The first-order valence-corrected chi connectivity index (χ1v) is 44.3. The molecule has 2 N–H and O–H groups in total. The molecule has 0 aromatic carbocycles. The summed E-state index contributed by atoms with van der Waals surface area (Å²) in [4.78, 5) is 124. The molecule has 28 nitrogen and oxygen atoms in total. The molecule has 3 aliphatic heterocycles. The topological polar surface area (TPSA) is 359 Å². The van der Waals surface area contributed by atoms with Gasteiger partial charge < -0.3 is 71.4 Å². The van der Waals surface area contributed by atoms with Gasteiger partial charge in [-0.1, -0.05) is 128 Å². The molecule has 0 saturated carbocycles. The summed E-state index contributed by atoms with van der Waals surface area (Å²) in [7, 11) is -11.5. The minimum absolute atomic E-state index is 0.525. The third-order valence-electron chi connectivity index (χ3n) is 19.7. The summed E-state index contributed by atoms with van der Waals surface area (Å²) in [6, 6.07) is 0. The van der Waals surface area contributed by atoms with E-state index in [4.69, 9.17) is 74.9 Å². The number of hydrogen-bond donors (Lipinski definition) is 2. The number of phosphoric ester groups is 2. The average Bonchev–Trinajstić information content (AvgIpc) is 0.760. The van der Waals surface area contributed by atoms with Crippen LogP contribution in [-0.2, 0) is 122 Å². The lowest BCUT2D eigenvalue weighted by molar-refractivity contribution is -0.375. The van der Waals surface area contributed by atoms with Crippen LogP contribution in [0.3, 0.4) is 0 Å². The first-order chi connectivity index (χ1) is 55.8. The monoisotopic (exact) mass is 1720 g/mol. The first kappa shape index (κ1) is 106. The Morgan fingerprint density at radius 3 is 0.849 bits per heavy atom. The van der Waals surface area contributed by atoms with Crippen LogP contribution in [-0.4, -0.2) is 163 Å². The van der Waals surface area contributed by atoms with Crippen molar-refractivity contribution in [2.24, 2.45) is 0 Å². The number of rotatable bonds is 50. The van der Waals surface area contributed by atoms with Crippen molar-refractivity contribution in [3.63, 3.8) is 0 Å². The van der Waals surface area contributed by atoms with E-state index in [-0.39, 0.29) is 0 Å². The van der Waals surface area contributed by atoms with Crippen LogP contribution in [0, 0.1) is 0 Å². The summed E-state index contributed by atoms with van der Waals surface area (Å²) in [5.41, 5.74) is 14.8. The maximum absolute atomic E-state index is 14.0. The molecular formula is C89H138O28P2. The van der Waals surface area contributed by atoms with Gasteiger partial charge in [0, 0.05) is 55.4 Å². The Bertz CT molecular complexity index is 3770. The van der Waals surface area contributed by atoms with Gasteiger partial charge in [-0.05, 0) is 225 Å². The van der Waals surface area contributed by atoms with Gasteiger partial charge in [-0.15, -0.1) is 0 Å². The maximum atomic E-state index is 14.0. The highest BCUT2D eigenvalue weighted by molar-refractivity contribution is 7.61. The van der Waals surface area contributed by atoms with Gasteiger partial charge in [0.1, 0.15) is 24.9 Å². The quantitative estimate of drug-likeness (QED) is 0.0247. The van der Waals surface area contributed by atoms with Gasteiger partial charge >= 0.3 is 63.4 Å². The van der Waals surface area contributed by atoms with Gasteiger partial charge in [-0.25, -0.2) is 9.13 Å². The summed E-state index contributed by atoms with van der Waals surface area (Å²) in [5.74, 6) is -7.99. The fourth-order valence-corrected chi connectivity index (χ4v) is 15.6. The second kappa shape index (κ2) is 55.2. The van der Waals surface area contributed by atoms with Crippen LogP contribution < -0.4 is 0 Å². The number of ether oxygens (including phenoxy) is 13. The lowest BCUT2D eigenvalue weighted by Gasteiger charge is -2.50. The second-order valence-electron chi connectivity index (χ2n) is 31.6. The highest BCUT2D eigenvalue weighted by Gasteiger charge is 2.60.